The smallest absolute Gasteiger partial charge is 0.311 e. The molecule has 0 saturated carbocycles. The average Bonchev–Trinajstić information content (AvgIpc) is 2.51. The average molecular weight is 359 g/mol. The van der Waals surface area contributed by atoms with Crippen molar-refractivity contribution in [1.29, 1.82) is 0 Å². The van der Waals surface area contributed by atoms with Crippen molar-refractivity contribution < 1.29 is 19.0 Å². The van der Waals surface area contributed by atoms with Gasteiger partial charge in [-0.2, -0.15) is 0 Å². The van der Waals surface area contributed by atoms with Crippen molar-refractivity contribution in [3.63, 3.8) is 0 Å². The van der Waals surface area contributed by atoms with Crippen molar-refractivity contribution in [2.45, 2.75) is 25.9 Å². The van der Waals surface area contributed by atoms with Crippen LogP contribution in [-0.2, 0) is 19.0 Å². The van der Waals surface area contributed by atoms with Crippen LogP contribution in [0.2, 0.25) is 10.0 Å². The first-order valence-electron chi connectivity index (χ1n) is 7.79. The Hall–Kier alpha value is -0.810. The number of benzene rings is 1. The van der Waals surface area contributed by atoms with E-state index in [0.29, 0.717) is 36.5 Å². The van der Waals surface area contributed by atoms with Gasteiger partial charge in [0.2, 0.25) is 0 Å². The molecule has 2 atom stereocenters. The first-order chi connectivity index (χ1) is 11.0. The SMILES string of the molecule is CC1(COC(=O)[C@@H]2CCCO[C@@H]2c2ccc(Cl)cc2Cl)COC1. The molecule has 3 rings (SSSR count). The Bertz CT molecular complexity index is 586. The Morgan fingerprint density at radius 2 is 2.17 bits per heavy atom. The number of hydrogen-bond acceptors (Lipinski definition) is 4. The van der Waals surface area contributed by atoms with E-state index in [9.17, 15) is 4.79 Å². The lowest BCUT2D eigenvalue weighted by atomic mass is 9.88. The molecule has 0 amide bonds. The molecule has 126 valence electrons. The van der Waals surface area contributed by atoms with Gasteiger partial charge in [0.05, 0.1) is 25.2 Å². The van der Waals surface area contributed by atoms with Crippen molar-refractivity contribution in [3.05, 3.63) is 33.8 Å². The minimum absolute atomic E-state index is 0.0569. The molecule has 0 spiro atoms. The van der Waals surface area contributed by atoms with Crippen molar-refractivity contribution >= 4 is 29.2 Å². The molecule has 2 aliphatic heterocycles. The Morgan fingerprint density at radius 1 is 1.39 bits per heavy atom. The molecule has 2 heterocycles. The maximum Gasteiger partial charge on any atom is 0.311 e. The van der Waals surface area contributed by atoms with Crippen LogP contribution in [0.25, 0.3) is 0 Å². The number of ether oxygens (including phenoxy) is 3. The number of carbonyl (C=O) groups is 1. The lowest BCUT2D eigenvalue weighted by Crippen LogP contribution is -2.45. The van der Waals surface area contributed by atoms with Crippen molar-refractivity contribution in [2.24, 2.45) is 11.3 Å². The van der Waals surface area contributed by atoms with Gasteiger partial charge < -0.3 is 14.2 Å². The molecule has 0 aromatic heterocycles. The molecule has 0 radical (unpaired) electrons. The highest BCUT2D eigenvalue weighted by atomic mass is 35.5. The second kappa shape index (κ2) is 6.98. The van der Waals surface area contributed by atoms with Gasteiger partial charge in [-0.3, -0.25) is 4.79 Å². The van der Waals surface area contributed by atoms with Crippen LogP contribution < -0.4 is 0 Å². The van der Waals surface area contributed by atoms with Crippen LogP contribution in [0.4, 0.5) is 0 Å². The molecule has 6 heteroatoms. The fourth-order valence-corrected chi connectivity index (χ4v) is 3.46. The summed E-state index contributed by atoms with van der Waals surface area (Å²) in [5.74, 6) is -0.569. The van der Waals surface area contributed by atoms with E-state index in [2.05, 4.69) is 6.92 Å². The van der Waals surface area contributed by atoms with Gasteiger partial charge in [0.25, 0.3) is 0 Å². The molecule has 2 aliphatic rings. The summed E-state index contributed by atoms with van der Waals surface area (Å²) in [5, 5.41) is 1.08. The number of halogens is 2. The summed E-state index contributed by atoms with van der Waals surface area (Å²) in [4.78, 5) is 12.5. The highest BCUT2D eigenvalue weighted by Crippen LogP contribution is 2.39. The molecule has 0 bridgehead atoms. The van der Waals surface area contributed by atoms with E-state index in [0.717, 1.165) is 18.4 Å². The predicted molar refractivity (Wildman–Crippen MR) is 87.8 cm³/mol. The van der Waals surface area contributed by atoms with E-state index in [1.54, 1.807) is 12.1 Å². The van der Waals surface area contributed by atoms with E-state index >= 15 is 0 Å². The predicted octanol–water partition coefficient (Wildman–Crippen LogP) is 4.04. The zero-order valence-electron chi connectivity index (χ0n) is 13.0. The van der Waals surface area contributed by atoms with E-state index < -0.39 is 0 Å². The molecule has 0 aliphatic carbocycles. The number of carbonyl (C=O) groups excluding carboxylic acids is 1. The Balaban J connectivity index is 1.71. The summed E-state index contributed by atoms with van der Waals surface area (Å²) in [6.07, 6.45) is 1.18. The molecule has 4 nitrogen and oxygen atoms in total. The molecular formula is C17H20Cl2O4. The topological polar surface area (TPSA) is 44.8 Å². The third-order valence-corrected chi connectivity index (χ3v) is 4.92. The number of esters is 1. The second-order valence-corrected chi connectivity index (χ2v) is 7.46. The Kier molecular flexibility index (Phi) is 5.16. The largest absolute Gasteiger partial charge is 0.465 e. The van der Waals surface area contributed by atoms with Crippen LogP contribution in [0.5, 0.6) is 0 Å². The van der Waals surface area contributed by atoms with Crippen molar-refractivity contribution in [2.75, 3.05) is 26.4 Å². The van der Waals surface area contributed by atoms with Gasteiger partial charge in [-0.15, -0.1) is 0 Å². The summed E-state index contributed by atoms with van der Waals surface area (Å²) >= 11 is 12.2. The van der Waals surface area contributed by atoms with E-state index in [4.69, 9.17) is 37.4 Å². The van der Waals surface area contributed by atoms with Crippen LogP contribution in [0, 0.1) is 11.3 Å². The lowest BCUT2D eigenvalue weighted by Gasteiger charge is -2.38. The molecule has 2 fully saturated rings. The first-order valence-corrected chi connectivity index (χ1v) is 8.55. The van der Waals surface area contributed by atoms with E-state index in [1.807, 2.05) is 6.07 Å². The highest BCUT2D eigenvalue weighted by molar-refractivity contribution is 6.35. The second-order valence-electron chi connectivity index (χ2n) is 6.62. The normalized spacial score (nSPS) is 26.4. The third-order valence-electron chi connectivity index (χ3n) is 4.36. The molecule has 0 N–H and O–H groups in total. The summed E-state index contributed by atoms with van der Waals surface area (Å²) in [5.41, 5.74) is 0.731. The van der Waals surface area contributed by atoms with Crippen LogP contribution in [0.3, 0.4) is 0 Å². The van der Waals surface area contributed by atoms with Gasteiger partial charge in [-0.05, 0) is 25.0 Å². The summed E-state index contributed by atoms with van der Waals surface area (Å²) in [7, 11) is 0. The summed E-state index contributed by atoms with van der Waals surface area (Å²) < 4.78 is 16.6. The van der Waals surface area contributed by atoms with Crippen LogP contribution in [0.1, 0.15) is 31.4 Å². The first kappa shape index (κ1) is 17.0. The van der Waals surface area contributed by atoms with E-state index in [-0.39, 0.29) is 23.4 Å². The minimum Gasteiger partial charge on any atom is -0.465 e. The van der Waals surface area contributed by atoms with Crippen molar-refractivity contribution in [3.8, 4) is 0 Å². The van der Waals surface area contributed by atoms with Crippen LogP contribution in [-0.4, -0.2) is 32.4 Å². The standard InChI is InChI=1S/C17H20Cl2O4/c1-17(8-21-9-17)10-23-16(20)13-3-2-6-22-15(13)12-5-4-11(18)7-14(12)19/h4-5,7,13,15H,2-3,6,8-10H2,1H3/t13-,15-/m1/s1. The molecule has 1 aromatic carbocycles. The Labute approximate surface area is 146 Å². The quantitative estimate of drug-likeness (QED) is 0.761. The minimum atomic E-state index is -0.383. The van der Waals surface area contributed by atoms with Gasteiger partial charge >= 0.3 is 5.97 Å². The van der Waals surface area contributed by atoms with Gasteiger partial charge in [-0.1, -0.05) is 36.2 Å². The number of rotatable bonds is 4. The van der Waals surface area contributed by atoms with Gasteiger partial charge in [0.15, 0.2) is 0 Å². The maximum atomic E-state index is 12.5. The van der Waals surface area contributed by atoms with Gasteiger partial charge in [0.1, 0.15) is 6.61 Å². The van der Waals surface area contributed by atoms with Gasteiger partial charge in [0, 0.05) is 27.6 Å². The van der Waals surface area contributed by atoms with Crippen molar-refractivity contribution in [1.82, 2.24) is 0 Å². The zero-order valence-corrected chi connectivity index (χ0v) is 14.5. The lowest BCUT2D eigenvalue weighted by molar-refractivity contribution is -0.176. The molecule has 1 aromatic rings. The summed E-state index contributed by atoms with van der Waals surface area (Å²) in [6.45, 7) is 4.30. The highest BCUT2D eigenvalue weighted by Gasteiger charge is 2.39. The monoisotopic (exact) mass is 358 g/mol. The molecular weight excluding hydrogens is 339 g/mol. The molecule has 2 saturated heterocycles. The fraction of sp³-hybridized carbons (Fsp3) is 0.588. The summed E-state index contributed by atoms with van der Waals surface area (Å²) in [6, 6.07) is 5.25. The van der Waals surface area contributed by atoms with Crippen LogP contribution in [0.15, 0.2) is 18.2 Å². The van der Waals surface area contributed by atoms with E-state index in [1.165, 1.54) is 0 Å². The molecule has 23 heavy (non-hydrogen) atoms. The Morgan fingerprint density at radius 3 is 2.83 bits per heavy atom. The molecule has 0 unspecified atom stereocenters. The van der Waals surface area contributed by atoms with Crippen LogP contribution >= 0.6 is 23.2 Å². The third kappa shape index (κ3) is 3.82. The van der Waals surface area contributed by atoms with Gasteiger partial charge in [-0.25, -0.2) is 0 Å². The number of hydrogen-bond donors (Lipinski definition) is 0. The zero-order chi connectivity index (χ0) is 16.4. The fourth-order valence-electron chi connectivity index (χ4n) is 2.95. The maximum absolute atomic E-state index is 12.5.